The van der Waals surface area contributed by atoms with Crippen LogP contribution in [0.25, 0.3) is 0 Å². The summed E-state index contributed by atoms with van der Waals surface area (Å²) in [5.41, 5.74) is 1.23. The molecule has 4 heteroatoms. The Balaban J connectivity index is 2.03. The van der Waals surface area contributed by atoms with E-state index >= 15 is 0 Å². The van der Waals surface area contributed by atoms with Crippen molar-refractivity contribution >= 4 is 17.2 Å². The zero-order valence-corrected chi connectivity index (χ0v) is 11.6. The Hall–Kier alpha value is -0.900. The van der Waals surface area contributed by atoms with Crippen molar-refractivity contribution < 1.29 is 4.79 Å². The van der Waals surface area contributed by atoms with Crippen molar-refractivity contribution in [2.45, 2.75) is 45.4 Å². The van der Waals surface area contributed by atoms with E-state index in [9.17, 15) is 4.79 Å². The summed E-state index contributed by atoms with van der Waals surface area (Å²) in [6.07, 6.45) is 2.89. The van der Waals surface area contributed by atoms with Gasteiger partial charge < -0.3 is 5.32 Å². The number of amides is 1. The molecule has 17 heavy (non-hydrogen) atoms. The van der Waals surface area contributed by atoms with Crippen molar-refractivity contribution in [2.24, 2.45) is 5.92 Å². The van der Waals surface area contributed by atoms with E-state index in [1.165, 1.54) is 0 Å². The number of hydrogen-bond acceptors (Lipinski definition) is 3. The van der Waals surface area contributed by atoms with Gasteiger partial charge in [0.15, 0.2) is 0 Å². The van der Waals surface area contributed by atoms with Gasteiger partial charge in [0, 0.05) is 29.7 Å². The molecule has 0 saturated carbocycles. The molecule has 2 heterocycles. The van der Waals surface area contributed by atoms with Gasteiger partial charge in [-0.2, -0.15) is 0 Å². The van der Waals surface area contributed by atoms with E-state index in [4.69, 9.17) is 0 Å². The number of aromatic nitrogens is 1. The fourth-order valence-corrected chi connectivity index (χ4v) is 3.09. The van der Waals surface area contributed by atoms with Crippen LogP contribution in [0.15, 0.2) is 5.38 Å². The van der Waals surface area contributed by atoms with Crippen molar-refractivity contribution in [3.63, 3.8) is 0 Å². The van der Waals surface area contributed by atoms with Gasteiger partial charge in [-0.1, -0.05) is 20.8 Å². The number of nitrogens with one attached hydrogen (secondary N) is 1. The van der Waals surface area contributed by atoms with Gasteiger partial charge in [0.25, 0.3) is 0 Å². The van der Waals surface area contributed by atoms with Gasteiger partial charge in [0.05, 0.1) is 10.7 Å². The molecule has 0 aromatic carbocycles. The first kappa shape index (κ1) is 12.6. The minimum Gasteiger partial charge on any atom is -0.356 e. The number of nitrogens with zero attached hydrogens (tertiary/aromatic N) is 1. The number of piperidine rings is 1. The van der Waals surface area contributed by atoms with Crippen molar-refractivity contribution in [2.75, 3.05) is 6.54 Å². The molecular weight excluding hydrogens is 232 g/mol. The van der Waals surface area contributed by atoms with Gasteiger partial charge in [-0.15, -0.1) is 11.3 Å². The van der Waals surface area contributed by atoms with Crippen molar-refractivity contribution in [3.05, 3.63) is 16.1 Å². The third-order valence-electron chi connectivity index (χ3n) is 3.14. The first-order valence-corrected chi connectivity index (χ1v) is 7.07. The van der Waals surface area contributed by atoms with E-state index in [0.29, 0.717) is 0 Å². The average molecular weight is 252 g/mol. The van der Waals surface area contributed by atoms with Crippen LogP contribution in [-0.4, -0.2) is 17.4 Å². The summed E-state index contributed by atoms with van der Waals surface area (Å²) in [7, 11) is 0. The standard InChI is InChI=1S/C13H20N2OS/c1-13(2,3)10-8-17-11(15-10)7-9-5-4-6-14-12(9)16/h8-9H,4-7H2,1-3H3,(H,14,16). The number of carbonyl (C=O) groups excluding carboxylic acids is 1. The highest BCUT2D eigenvalue weighted by atomic mass is 32.1. The second-order valence-corrected chi connectivity index (χ2v) is 6.65. The Kier molecular flexibility index (Phi) is 3.52. The highest BCUT2D eigenvalue weighted by molar-refractivity contribution is 7.09. The third-order valence-corrected chi connectivity index (χ3v) is 4.01. The molecule has 2 rings (SSSR count). The SMILES string of the molecule is CC(C)(C)c1csc(CC2CCCNC2=O)n1. The van der Waals surface area contributed by atoms with Crippen LogP contribution in [0.4, 0.5) is 0 Å². The van der Waals surface area contributed by atoms with E-state index in [-0.39, 0.29) is 17.2 Å². The van der Waals surface area contributed by atoms with E-state index < -0.39 is 0 Å². The first-order valence-electron chi connectivity index (χ1n) is 6.19. The maximum absolute atomic E-state index is 11.7. The summed E-state index contributed by atoms with van der Waals surface area (Å²) < 4.78 is 0. The summed E-state index contributed by atoms with van der Waals surface area (Å²) in [4.78, 5) is 16.3. The molecule has 0 bridgehead atoms. The molecular formula is C13H20N2OS. The Bertz CT molecular complexity index is 406. The molecule has 3 nitrogen and oxygen atoms in total. The topological polar surface area (TPSA) is 42.0 Å². The molecule has 1 atom stereocenters. The summed E-state index contributed by atoms with van der Waals surface area (Å²) in [5.74, 6) is 0.325. The van der Waals surface area contributed by atoms with Gasteiger partial charge in [0.2, 0.25) is 5.91 Å². The highest BCUT2D eigenvalue weighted by Gasteiger charge is 2.24. The summed E-state index contributed by atoms with van der Waals surface area (Å²) in [5, 5.41) is 6.14. The van der Waals surface area contributed by atoms with E-state index in [1.54, 1.807) is 11.3 Å². The van der Waals surface area contributed by atoms with Gasteiger partial charge in [-0.25, -0.2) is 4.98 Å². The molecule has 1 N–H and O–H groups in total. The number of rotatable bonds is 2. The Labute approximate surface area is 107 Å². The maximum Gasteiger partial charge on any atom is 0.223 e. The van der Waals surface area contributed by atoms with Crippen molar-refractivity contribution in [3.8, 4) is 0 Å². The largest absolute Gasteiger partial charge is 0.356 e. The number of carbonyl (C=O) groups is 1. The predicted octanol–water partition coefficient (Wildman–Crippen LogP) is 2.51. The normalized spacial score (nSPS) is 21.4. The summed E-state index contributed by atoms with van der Waals surface area (Å²) in [6.45, 7) is 7.33. The molecule has 1 amide bonds. The molecule has 94 valence electrons. The van der Waals surface area contributed by atoms with E-state index in [1.807, 2.05) is 0 Å². The van der Waals surface area contributed by atoms with Crippen LogP contribution in [-0.2, 0) is 16.6 Å². The fraction of sp³-hybridized carbons (Fsp3) is 0.692. The van der Waals surface area contributed by atoms with Crippen LogP contribution in [0.1, 0.15) is 44.3 Å². The van der Waals surface area contributed by atoms with E-state index in [0.717, 1.165) is 36.5 Å². The molecule has 1 saturated heterocycles. The number of hydrogen-bond donors (Lipinski definition) is 1. The Morgan fingerprint density at radius 3 is 2.88 bits per heavy atom. The zero-order valence-electron chi connectivity index (χ0n) is 10.7. The molecule has 1 unspecified atom stereocenters. The van der Waals surface area contributed by atoms with Crippen LogP contribution in [0, 0.1) is 5.92 Å². The van der Waals surface area contributed by atoms with E-state index in [2.05, 4.69) is 36.5 Å². The molecule has 1 aliphatic rings. The molecule has 0 aliphatic carbocycles. The lowest BCUT2D eigenvalue weighted by Gasteiger charge is -2.20. The molecule has 1 aromatic rings. The van der Waals surface area contributed by atoms with Gasteiger partial charge in [-0.05, 0) is 12.8 Å². The minimum absolute atomic E-state index is 0.101. The average Bonchev–Trinajstić information content (AvgIpc) is 2.69. The van der Waals surface area contributed by atoms with Crippen molar-refractivity contribution in [1.29, 1.82) is 0 Å². The van der Waals surface area contributed by atoms with Gasteiger partial charge >= 0.3 is 0 Å². The van der Waals surface area contributed by atoms with Crippen LogP contribution < -0.4 is 5.32 Å². The monoisotopic (exact) mass is 252 g/mol. The molecule has 0 spiro atoms. The Morgan fingerprint density at radius 1 is 1.53 bits per heavy atom. The third kappa shape index (κ3) is 3.06. The quantitative estimate of drug-likeness (QED) is 0.878. The second-order valence-electron chi connectivity index (χ2n) is 5.71. The van der Waals surface area contributed by atoms with Crippen LogP contribution >= 0.6 is 11.3 Å². The lowest BCUT2D eigenvalue weighted by atomic mass is 9.93. The second kappa shape index (κ2) is 4.77. The molecule has 1 aromatic heterocycles. The number of thiazole rings is 1. The lowest BCUT2D eigenvalue weighted by Crippen LogP contribution is -2.37. The van der Waals surface area contributed by atoms with Crippen molar-refractivity contribution in [1.82, 2.24) is 10.3 Å². The molecule has 1 fully saturated rings. The predicted molar refractivity (Wildman–Crippen MR) is 70.3 cm³/mol. The molecule has 1 aliphatic heterocycles. The Morgan fingerprint density at radius 2 is 2.29 bits per heavy atom. The lowest BCUT2D eigenvalue weighted by molar-refractivity contribution is -0.126. The smallest absolute Gasteiger partial charge is 0.223 e. The fourth-order valence-electron chi connectivity index (χ4n) is 1.99. The summed E-state index contributed by atoms with van der Waals surface area (Å²) >= 11 is 1.68. The van der Waals surface area contributed by atoms with Crippen LogP contribution in [0.2, 0.25) is 0 Å². The first-order chi connectivity index (χ1) is 7.97. The van der Waals surface area contributed by atoms with Gasteiger partial charge in [0.1, 0.15) is 0 Å². The summed E-state index contributed by atoms with van der Waals surface area (Å²) in [6, 6.07) is 0. The molecule has 0 radical (unpaired) electrons. The highest BCUT2D eigenvalue weighted by Crippen LogP contribution is 2.26. The van der Waals surface area contributed by atoms with Crippen LogP contribution in [0.3, 0.4) is 0 Å². The maximum atomic E-state index is 11.7. The zero-order chi connectivity index (χ0) is 12.5. The minimum atomic E-state index is 0.101. The van der Waals surface area contributed by atoms with Gasteiger partial charge in [-0.3, -0.25) is 4.79 Å². The van der Waals surface area contributed by atoms with Crippen LogP contribution in [0.5, 0.6) is 0 Å².